The van der Waals surface area contributed by atoms with Crippen molar-refractivity contribution in [1.29, 1.82) is 0 Å². The molecule has 1 aromatic heterocycles. The molecule has 0 radical (unpaired) electrons. The number of carbonyl (C=O) groups is 1. The zero-order valence-electron chi connectivity index (χ0n) is 11.2. The van der Waals surface area contributed by atoms with Gasteiger partial charge in [0.15, 0.2) is 0 Å². The van der Waals surface area contributed by atoms with Crippen LogP contribution in [0.4, 0.5) is 5.95 Å². The number of ether oxygens (including phenoxy) is 1. The van der Waals surface area contributed by atoms with Crippen LogP contribution in [0.2, 0.25) is 0 Å². The molecule has 0 aromatic carbocycles. The lowest BCUT2D eigenvalue weighted by Gasteiger charge is -2.07. The Morgan fingerprint density at radius 1 is 1.53 bits per heavy atom. The van der Waals surface area contributed by atoms with E-state index in [4.69, 9.17) is 4.74 Å². The highest BCUT2D eigenvalue weighted by Gasteiger charge is 2.22. The molecule has 1 heterocycles. The third-order valence-electron chi connectivity index (χ3n) is 2.73. The number of anilines is 1. The van der Waals surface area contributed by atoms with Gasteiger partial charge in [-0.05, 0) is 26.2 Å². The van der Waals surface area contributed by atoms with Crippen LogP contribution < -0.4 is 15.4 Å². The van der Waals surface area contributed by atoms with E-state index in [1.54, 1.807) is 12.3 Å². The Morgan fingerprint density at radius 3 is 3.11 bits per heavy atom. The minimum Gasteiger partial charge on any atom is -0.478 e. The molecule has 1 saturated carbocycles. The van der Waals surface area contributed by atoms with E-state index in [1.165, 1.54) is 0 Å². The Bertz CT molecular complexity index is 421. The summed E-state index contributed by atoms with van der Waals surface area (Å²) in [4.78, 5) is 19.7. The second-order valence-electron chi connectivity index (χ2n) is 4.52. The molecule has 19 heavy (non-hydrogen) atoms. The number of hydrogen-bond donors (Lipinski definition) is 2. The molecule has 0 spiro atoms. The Morgan fingerprint density at radius 2 is 2.37 bits per heavy atom. The molecule has 6 heteroatoms. The van der Waals surface area contributed by atoms with Crippen LogP contribution in [0.25, 0.3) is 0 Å². The summed E-state index contributed by atoms with van der Waals surface area (Å²) in [5.74, 6) is 1.23. The summed E-state index contributed by atoms with van der Waals surface area (Å²) in [6, 6.07) is 2.16. The SMILES string of the molecule is CCOc1ccnc(NCCCC(=O)NC2CC2)n1. The number of nitrogens with zero attached hydrogens (tertiary/aromatic N) is 2. The van der Waals surface area contributed by atoms with Crippen molar-refractivity contribution in [3.63, 3.8) is 0 Å². The fraction of sp³-hybridized carbons (Fsp3) is 0.615. The van der Waals surface area contributed by atoms with Crippen LogP contribution >= 0.6 is 0 Å². The maximum atomic E-state index is 11.5. The first-order valence-corrected chi connectivity index (χ1v) is 6.77. The van der Waals surface area contributed by atoms with Crippen molar-refractivity contribution in [3.8, 4) is 5.88 Å². The molecule has 0 saturated heterocycles. The van der Waals surface area contributed by atoms with E-state index in [2.05, 4.69) is 20.6 Å². The van der Waals surface area contributed by atoms with Gasteiger partial charge in [0.05, 0.1) is 6.61 Å². The lowest BCUT2D eigenvalue weighted by atomic mass is 10.3. The van der Waals surface area contributed by atoms with Gasteiger partial charge in [0.2, 0.25) is 17.7 Å². The number of hydrogen-bond acceptors (Lipinski definition) is 5. The monoisotopic (exact) mass is 264 g/mol. The lowest BCUT2D eigenvalue weighted by Crippen LogP contribution is -2.25. The standard InChI is InChI=1S/C13H20N4O2/c1-2-19-12-7-9-15-13(17-12)14-8-3-4-11(18)16-10-5-6-10/h7,9-10H,2-6,8H2,1H3,(H,16,18)(H,14,15,17). The van der Waals surface area contributed by atoms with Crippen molar-refractivity contribution in [3.05, 3.63) is 12.3 Å². The molecule has 0 unspecified atom stereocenters. The molecule has 1 aromatic rings. The quantitative estimate of drug-likeness (QED) is 0.693. The van der Waals surface area contributed by atoms with Gasteiger partial charge in [0, 0.05) is 31.3 Å². The molecule has 2 rings (SSSR count). The van der Waals surface area contributed by atoms with Crippen molar-refractivity contribution < 1.29 is 9.53 Å². The van der Waals surface area contributed by atoms with E-state index >= 15 is 0 Å². The third kappa shape index (κ3) is 5.11. The van der Waals surface area contributed by atoms with E-state index in [0.717, 1.165) is 19.3 Å². The largest absolute Gasteiger partial charge is 0.478 e. The fourth-order valence-electron chi connectivity index (χ4n) is 1.63. The highest BCUT2D eigenvalue weighted by molar-refractivity contribution is 5.76. The highest BCUT2D eigenvalue weighted by atomic mass is 16.5. The molecule has 0 atom stereocenters. The summed E-state index contributed by atoms with van der Waals surface area (Å²) in [5, 5.41) is 6.05. The average Bonchev–Trinajstić information content (AvgIpc) is 3.19. The van der Waals surface area contributed by atoms with Crippen molar-refractivity contribution in [2.24, 2.45) is 0 Å². The van der Waals surface area contributed by atoms with Crippen LogP contribution in [-0.2, 0) is 4.79 Å². The molecule has 2 N–H and O–H groups in total. The maximum absolute atomic E-state index is 11.5. The van der Waals surface area contributed by atoms with E-state index < -0.39 is 0 Å². The van der Waals surface area contributed by atoms with Crippen LogP contribution in [0.5, 0.6) is 5.88 Å². The van der Waals surface area contributed by atoms with Crippen molar-refractivity contribution >= 4 is 11.9 Å². The van der Waals surface area contributed by atoms with Crippen molar-refractivity contribution in [2.45, 2.75) is 38.6 Å². The van der Waals surface area contributed by atoms with E-state index in [9.17, 15) is 4.79 Å². The molecule has 6 nitrogen and oxygen atoms in total. The van der Waals surface area contributed by atoms with Gasteiger partial charge in [-0.3, -0.25) is 4.79 Å². The van der Waals surface area contributed by atoms with E-state index in [1.807, 2.05) is 6.92 Å². The zero-order valence-corrected chi connectivity index (χ0v) is 11.2. The van der Waals surface area contributed by atoms with Crippen molar-refractivity contribution in [1.82, 2.24) is 15.3 Å². The zero-order chi connectivity index (χ0) is 13.5. The predicted molar refractivity (Wildman–Crippen MR) is 72.1 cm³/mol. The lowest BCUT2D eigenvalue weighted by molar-refractivity contribution is -0.121. The Balaban J connectivity index is 1.64. The van der Waals surface area contributed by atoms with Crippen LogP contribution in [-0.4, -0.2) is 35.1 Å². The summed E-state index contributed by atoms with van der Waals surface area (Å²) in [7, 11) is 0. The first-order chi connectivity index (χ1) is 9.28. The van der Waals surface area contributed by atoms with E-state index in [0.29, 0.717) is 37.4 Å². The van der Waals surface area contributed by atoms with Gasteiger partial charge in [-0.25, -0.2) is 4.98 Å². The predicted octanol–water partition coefficient (Wildman–Crippen LogP) is 1.35. The number of amides is 1. The van der Waals surface area contributed by atoms with Gasteiger partial charge in [0.25, 0.3) is 0 Å². The van der Waals surface area contributed by atoms with Gasteiger partial charge < -0.3 is 15.4 Å². The minimum atomic E-state index is 0.133. The second-order valence-corrected chi connectivity index (χ2v) is 4.52. The van der Waals surface area contributed by atoms with Gasteiger partial charge >= 0.3 is 0 Å². The van der Waals surface area contributed by atoms with Gasteiger partial charge in [0.1, 0.15) is 0 Å². The number of carbonyl (C=O) groups excluding carboxylic acids is 1. The summed E-state index contributed by atoms with van der Waals surface area (Å²) >= 11 is 0. The van der Waals surface area contributed by atoms with Gasteiger partial charge in [-0.15, -0.1) is 0 Å². The fourth-order valence-corrected chi connectivity index (χ4v) is 1.63. The number of nitrogens with one attached hydrogen (secondary N) is 2. The highest BCUT2D eigenvalue weighted by Crippen LogP contribution is 2.18. The van der Waals surface area contributed by atoms with Crippen LogP contribution in [0.15, 0.2) is 12.3 Å². The molecular formula is C13H20N4O2. The smallest absolute Gasteiger partial charge is 0.225 e. The van der Waals surface area contributed by atoms with Crippen LogP contribution in [0.1, 0.15) is 32.6 Å². The second kappa shape index (κ2) is 6.92. The summed E-state index contributed by atoms with van der Waals surface area (Å²) in [5.41, 5.74) is 0. The van der Waals surface area contributed by atoms with Gasteiger partial charge in [-0.1, -0.05) is 0 Å². The molecule has 1 amide bonds. The number of aromatic nitrogens is 2. The third-order valence-corrected chi connectivity index (χ3v) is 2.73. The molecular weight excluding hydrogens is 244 g/mol. The summed E-state index contributed by atoms with van der Waals surface area (Å²) < 4.78 is 5.29. The normalized spacial score (nSPS) is 13.9. The molecule has 1 aliphatic carbocycles. The molecule has 0 aliphatic heterocycles. The van der Waals surface area contributed by atoms with Crippen LogP contribution in [0.3, 0.4) is 0 Å². The molecule has 1 aliphatic rings. The Hall–Kier alpha value is -1.85. The molecule has 0 bridgehead atoms. The first-order valence-electron chi connectivity index (χ1n) is 6.77. The Kier molecular flexibility index (Phi) is 4.94. The maximum Gasteiger partial charge on any atom is 0.225 e. The van der Waals surface area contributed by atoms with Crippen LogP contribution in [0, 0.1) is 0 Å². The number of rotatable bonds is 8. The first kappa shape index (κ1) is 13.6. The Labute approximate surface area is 113 Å². The molecule has 104 valence electrons. The topological polar surface area (TPSA) is 76.1 Å². The minimum absolute atomic E-state index is 0.133. The van der Waals surface area contributed by atoms with Crippen molar-refractivity contribution in [2.75, 3.05) is 18.5 Å². The van der Waals surface area contributed by atoms with Gasteiger partial charge in [-0.2, -0.15) is 4.98 Å². The summed E-state index contributed by atoms with van der Waals surface area (Å²) in [6.07, 6.45) is 5.21. The average molecular weight is 264 g/mol. The summed E-state index contributed by atoms with van der Waals surface area (Å²) in [6.45, 7) is 3.17. The molecule has 1 fully saturated rings. The van der Waals surface area contributed by atoms with E-state index in [-0.39, 0.29) is 5.91 Å².